The van der Waals surface area contributed by atoms with Crippen LogP contribution in [0.2, 0.25) is 5.02 Å². The molecule has 6 heteroatoms. The summed E-state index contributed by atoms with van der Waals surface area (Å²) in [5.74, 6) is 0.127. The molecule has 0 saturated carbocycles. The molecular weight excluding hydrogens is 360 g/mol. The van der Waals surface area contributed by atoms with Crippen LogP contribution in [0, 0.1) is 0 Å². The summed E-state index contributed by atoms with van der Waals surface area (Å²) >= 11 is 6.12. The SMILES string of the molecule is O=C(NCCc1ccccn1)c1nc(-c2cccc(Cl)c2)c2ccccn12. The fraction of sp³-hybridized carbons (Fsp3) is 0.0952. The third kappa shape index (κ3) is 3.68. The summed E-state index contributed by atoms with van der Waals surface area (Å²) in [5.41, 5.74) is 3.40. The number of hydrogen-bond donors (Lipinski definition) is 1. The number of pyridine rings is 2. The highest BCUT2D eigenvalue weighted by Crippen LogP contribution is 2.27. The van der Waals surface area contributed by atoms with Crippen molar-refractivity contribution in [3.05, 3.63) is 89.6 Å². The minimum absolute atomic E-state index is 0.222. The molecule has 1 aromatic carbocycles. The van der Waals surface area contributed by atoms with Crippen LogP contribution in [0.25, 0.3) is 16.8 Å². The van der Waals surface area contributed by atoms with E-state index in [0.29, 0.717) is 23.8 Å². The van der Waals surface area contributed by atoms with Gasteiger partial charge in [-0.05, 0) is 36.4 Å². The van der Waals surface area contributed by atoms with Gasteiger partial charge in [0.05, 0.1) is 11.2 Å². The van der Waals surface area contributed by atoms with Crippen molar-refractivity contribution in [2.24, 2.45) is 0 Å². The van der Waals surface area contributed by atoms with Gasteiger partial charge < -0.3 is 5.32 Å². The quantitative estimate of drug-likeness (QED) is 0.572. The van der Waals surface area contributed by atoms with E-state index < -0.39 is 0 Å². The average Bonchev–Trinajstić information content (AvgIpc) is 3.09. The van der Waals surface area contributed by atoms with Crippen LogP contribution < -0.4 is 5.32 Å². The summed E-state index contributed by atoms with van der Waals surface area (Å²) in [6, 6.07) is 19.0. The number of amides is 1. The lowest BCUT2D eigenvalue weighted by Crippen LogP contribution is -2.27. The number of nitrogens with one attached hydrogen (secondary N) is 1. The smallest absolute Gasteiger partial charge is 0.287 e. The first-order chi connectivity index (χ1) is 13.2. The molecular formula is C21H17ClN4O. The molecule has 0 unspecified atom stereocenters. The van der Waals surface area contributed by atoms with Gasteiger partial charge in [-0.2, -0.15) is 0 Å². The molecule has 27 heavy (non-hydrogen) atoms. The summed E-state index contributed by atoms with van der Waals surface area (Å²) in [6.45, 7) is 0.490. The van der Waals surface area contributed by atoms with Crippen molar-refractivity contribution in [1.82, 2.24) is 19.7 Å². The molecule has 0 radical (unpaired) electrons. The molecule has 134 valence electrons. The molecule has 0 bridgehead atoms. The van der Waals surface area contributed by atoms with Crippen molar-refractivity contribution in [3.8, 4) is 11.3 Å². The highest BCUT2D eigenvalue weighted by Gasteiger charge is 2.18. The molecule has 5 nitrogen and oxygen atoms in total. The van der Waals surface area contributed by atoms with Crippen molar-refractivity contribution in [1.29, 1.82) is 0 Å². The molecule has 1 amide bonds. The summed E-state index contributed by atoms with van der Waals surface area (Å²) in [4.78, 5) is 21.6. The lowest BCUT2D eigenvalue weighted by molar-refractivity contribution is 0.0943. The van der Waals surface area contributed by atoms with Gasteiger partial charge in [0.25, 0.3) is 5.91 Å². The number of halogens is 1. The molecule has 3 aromatic heterocycles. The van der Waals surface area contributed by atoms with Crippen LogP contribution in [-0.4, -0.2) is 26.8 Å². The Hall–Kier alpha value is -3.18. The van der Waals surface area contributed by atoms with E-state index in [2.05, 4.69) is 15.3 Å². The molecule has 0 aliphatic heterocycles. The van der Waals surface area contributed by atoms with Gasteiger partial charge in [-0.3, -0.25) is 14.2 Å². The molecule has 3 heterocycles. The van der Waals surface area contributed by atoms with E-state index in [4.69, 9.17) is 11.6 Å². The Kier molecular flexibility index (Phi) is 4.85. The summed E-state index contributed by atoms with van der Waals surface area (Å²) in [7, 11) is 0. The lowest BCUT2D eigenvalue weighted by atomic mass is 10.1. The second kappa shape index (κ2) is 7.60. The number of aromatic nitrogens is 3. The molecule has 4 aromatic rings. The molecule has 0 spiro atoms. The average molecular weight is 377 g/mol. The number of carbonyl (C=O) groups excluding carboxylic acids is 1. The largest absolute Gasteiger partial charge is 0.349 e. The van der Waals surface area contributed by atoms with E-state index in [-0.39, 0.29) is 5.91 Å². The highest BCUT2D eigenvalue weighted by molar-refractivity contribution is 6.30. The first-order valence-corrected chi connectivity index (χ1v) is 9.01. The normalized spacial score (nSPS) is 10.9. The summed E-state index contributed by atoms with van der Waals surface area (Å²) in [5, 5.41) is 3.56. The molecule has 0 fully saturated rings. The van der Waals surface area contributed by atoms with Crippen LogP contribution >= 0.6 is 11.6 Å². The van der Waals surface area contributed by atoms with E-state index >= 15 is 0 Å². The third-order valence-corrected chi connectivity index (χ3v) is 4.48. The van der Waals surface area contributed by atoms with Crippen molar-refractivity contribution < 1.29 is 4.79 Å². The maximum atomic E-state index is 12.7. The number of imidazole rings is 1. The predicted octanol–water partition coefficient (Wildman–Crippen LogP) is 4.02. The maximum absolute atomic E-state index is 12.7. The Labute approximate surface area is 161 Å². The maximum Gasteiger partial charge on any atom is 0.287 e. The zero-order chi connectivity index (χ0) is 18.6. The van der Waals surface area contributed by atoms with Gasteiger partial charge in [0, 0.05) is 41.6 Å². The van der Waals surface area contributed by atoms with E-state index in [9.17, 15) is 4.79 Å². The minimum Gasteiger partial charge on any atom is -0.349 e. The van der Waals surface area contributed by atoms with Crippen molar-refractivity contribution in [3.63, 3.8) is 0 Å². The Bertz CT molecular complexity index is 1090. The molecule has 1 N–H and O–H groups in total. The molecule has 0 aliphatic rings. The third-order valence-electron chi connectivity index (χ3n) is 4.24. The second-order valence-corrected chi connectivity index (χ2v) is 6.51. The van der Waals surface area contributed by atoms with Crippen LogP contribution in [-0.2, 0) is 6.42 Å². The van der Waals surface area contributed by atoms with Crippen LogP contribution in [0.1, 0.15) is 16.3 Å². The van der Waals surface area contributed by atoms with Crippen LogP contribution in [0.3, 0.4) is 0 Å². The number of hydrogen-bond acceptors (Lipinski definition) is 3. The zero-order valence-electron chi connectivity index (χ0n) is 14.5. The fourth-order valence-electron chi connectivity index (χ4n) is 2.98. The topological polar surface area (TPSA) is 59.3 Å². The first kappa shape index (κ1) is 17.2. The van der Waals surface area contributed by atoms with Gasteiger partial charge in [0.2, 0.25) is 5.82 Å². The van der Waals surface area contributed by atoms with Gasteiger partial charge in [0.15, 0.2) is 0 Å². The van der Waals surface area contributed by atoms with Crippen LogP contribution in [0.5, 0.6) is 0 Å². The molecule has 0 saturated heterocycles. The fourth-order valence-corrected chi connectivity index (χ4v) is 3.17. The van der Waals surface area contributed by atoms with E-state index in [1.807, 2.05) is 66.9 Å². The first-order valence-electron chi connectivity index (χ1n) is 8.63. The van der Waals surface area contributed by atoms with Crippen molar-refractivity contribution >= 4 is 23.0 Å². The van der Waals surface area contributed by atoms with Crippen LogP contribution in [0.4, 0.5) is 0 Å². The number of rotatable bonds is 5. The van der Waals surface area contributed by atoms with Crippen molar-refractivity contribution in [2.45, 2.75) is 6.42 Å². The Morgan fingerprint density at radius 3 is 2.78 bits per heavy atom. The number of fused-ring (bicyclic) bond motifs is 1. The van der Waals surface area contributed by atoms with Gasteiger partial charge in [0.1, 0.15) is 0 Å². The Balaban J connectivity index is 1.61. The number of carbonyl (C=O) groups is 1. The molecule has 4 rings (SSSR count). The lowest BCUT2D eigenvalue weighted by Gasteiger charge is -2.04. The van der Waals surface area contributed by atoms with Gasteiger partial charge >= 0.3 is 0 Å². The van der Waals surface area contributed by atoms with E-state index in [1.165, 1.54) is 0 Å². The Morgan fingerprint density at radius 1 is 1.07 bits per heavy atom. The van der Waals surface area contributed by atoms with E-state index in [0.717, 1.165) is 22.5 Å². The number of nitrogens with zero attached hydrogens (tertiary/aromatic N) is 3. The summed E-state index contributed by atoms with van der Waals surface area (Å²) < 4.78 is 1.80. The molecule has 0 aliphatic carbocycles. The van der Waals surface area contributed by atoms with E-state index in [1.54, 1.807) is 10.6 Å². The van der Waals surface area contributed by atoms with Crippen LogP contribution in [0.15, 0.2) is 73.1 Å². The monoisotopic (exact) mass is 376 g/mol. The van der Waals surface area contributed by atoms with Gasteiger partial charge in [-0.15, -0.1) is 0 Å². The standard InChI is InChI=1S/C21H17ClN4O/c22-16-7-5-6-15(14-16)19-18-9-2-4-13-26(18)20(25-19)21(27)24-12-10-17-8-1-3-11-23-17/h1-9,11,13-14H,10,12H2,(H,24,27). The van der Waals surface area contributed by atoms with Crippen molar-refractivity contribution in [2.75, 3.05) is 6.54 Å². The second-order valence-electron chi connectivity index (χ2n) is 6.08. The van der Waals surface area contributed by atoms with Gasteiger partial charge in [-0.1, -0.05) is 35.9 Å². The minimum atomic E-state index is -0.222. The summed E-state index contributed by atoms with van der Waals surface area (Å²) in [6.07, 6.45) is 4.25. The predicted molar refractivity (Wildman–Crippen MR) is 106 cm³/mol. The number of benzene rings is 1. The Morgan fingerprint density at radius 2 is 1.96 bits per heavy atom. The molecule has 0 atom stereocenters. The van der Waals surface area contributed by atoms with Gasteiger partial charge in [-0.25, -0.2) is 4.98 Å². The zero-order valence-corrected chi connectivity index (χ0v) is 15.2. The highest BCUT2D eigenvalue weighted by atomic mass is 35.5.